The molecule has 0 saturated carbocycles. The molecule has 0 radical (unpaired) electrons. The Morgan fingerprint density at radius 2 is 1.51 bits per heavy atom. The Hall–Kier alpha value is -3.22. The number of fused-ring (bicyclic) bond motifs is 1. The Bertz CT molecular complexity index is 1200. The van der Waals surface area contributed by atoms with Gasteiger partial charge in [0, 0.05) is 29.9 Å². The van der Waals surface area contributed by atoms with E-state index in [4.69, 9.17) is 0 Å². The SMILES string of the molecule is OC(c1ccc(CN2CCc3cc(-c4cn[nH]c4C(F)(F)F)ccc32)cc1)(C(F)(F)F)C(F)(F)F. The summed E-state index contributed by atoms with van der Waals surface area (Å²) in [6, 6.07) is 7.95. The highest BCUT2D eigenvalue weighted by molar-refractivity contribution is 5.72. The molecule has 2 heterocycles. The van der Waals surface area contributed by atoms with Gasteiger partial charge in [0.1, 0.15) is 5.69 Å². The number of hydrogen-bond acceptors (Lipinski definition) is 3. The summed E-state index contributed by atoms with van der Waals surface area (Å²) in [7, 11) is 0. The lowest BCUT2D eigenvalue weighted by atomic mass is 9.91. The average Bonchev–Trinajstić information content (AvgIpc) is 3.39. The highest BCUT2D eigenvalue weighted by Crippen LogP contribution is 2.50. The van der Waals surface area contributed by atoms with E-state index >= 15 is 0 Å². The fourth-order valence-electron chi connectivity index (χ4n) is 4.08. The van der Waals surface area contributed by atoms with Crippen molar-refractivity contribution in [2.24, 2.45) is 0 Å². The fourth-order valence-corrected chi connectivity index (χ4v) is 4.08. The maximum absolute atomic E-state index is 13.2. The van der Waals surface area contributed by atoms with Crippen molar-refractivity contribution in [1.29, 1.82) is 0 Å². The zero-order valence-corrected chi connectivity index (χ0v) is 17.5. The summed E-state index contributed by atoms with van der Waals surface area (Å²) in [5.74, 6) is 0. The molecule has 0 bridgehead atoms. The minimum Gasteiger partial charge on any atom is -0.369 e. The smallest absolute Gasteiger partial charge is 0.369 e. The summed E-state index contributed by atoms with van der Waals surface area (Å²) >= 11 is 0. The van der Waals surface area contributed by atoms with Gasteiger partial charge in [-0.2, -0.15) is 44.6 Å². The number of aromatic amines is 1. The second-order valence-corrected chi connectivity index (χ2v) is 8.07. The Morgan fingerprint density at radius 3 is 2.09 bits per heavy atom. The van der Waals surface area contributed by atoms with Crippen LogP contribution in [0.2, 0.25) is 0 Å². The summed E-state index contributed by atoms with van der Waals surface area (Å²) < 4.78 is 118. The molecule has 1 aromatic heterocycles. The van der Waals surface area contributed by atoms with Crippen molar-refractivity contribution in [3.05, 3.63) is 71.0 Å². The molecule has 0 spiro atoms. The molecule has 1 aliphatic heterocycles. The van der Waals surface area contributed by atoms with E-state index in [1.54, 1.807) is 17.0 Å². The number of hydrogen-bond donors (Lipinski definition) is 2. The Balaban J connectivity index is 1.56. The number of rotatable bonds is 4. The van der Waals surface area contributed by atoms with E-state index in [1.807, 2.05) is 5.10 Å². The number of benzene rings is 2. The highest BCUT2D eigenvalue weighted by Gasteiger charge is 2.71. The summed E-state index contributed by atoms with van der Waals surface area (Å²) in [5, 5.41) is 14.9. The first-order valence-electron chi connectivity index (χ1n) is 10.1. The first kappa shape index (κ1) is 24.9. The van der Waals surface area contributed by atoms with E-state index in [9.17, 15) is 44.6 Å². The minimum absolute atomic E-state index is 0.115. The molecule has 0 amide bonds. The van der Waals surface area contributed by atoms with Crippen molar-refractivity contribution in [1.82, 2.24) is 10.2 Å². The van der Waals surface area contributed by atoms with Gasteiger partial charge in [-0.1, -0.05) is 30.3 Å². The van der Waals surface area contributed by atoms with Crippen LogP contribution >= 0.6 is 0 Å². The van der Waals surface area contributed by atoms with E-state index in [2.05, 4.69) is 5.10 Å². The molecule has 0 aliphatic carbocycles. The molecule has 35 heavy (non-hydrogen) atoms. The molecule has 0 saturated heterocycles. The van der Waals surface area contributed by atoms with Crippen molar-refractivity contribution in [3.8, 4) is 11.1 Å². The first-order valence-corrected chi connectivity index (χ1v) is 10.1. The number of nitrogens with one attached hydrogen (secondary N) is 1. The van der Waals surface area contributed by atoms with Crippen molar-refractivity contribution >= 4 is 5.69 Å². The molecular weight excluding hydrogens is 493 g/mol. The lowest BCUT2D eigenvalue weighted by Crippen LogP contribution is -2.53. The van der Waals surface area contributed by atoms with Gasteiger partial charge in [-0.3, -0.25) is 5.10 Å². The van der Waals surface area contributed by atoms with Gasteiger partial charge in [0.15, 0.2) is 0 Å². The number of anilines is 1. The third-order valence-electron chi connectivity index (χ3n) is 5.87. The molecule has 2 N–H and O–H groups in total. The fraction of sp³-hybridized carbons (Fsp3) is 0.318. The Kier molecular flexibility index (Phi) is 5.81. The summed E-state index contributed by atoms with van der Waals surface area (Å²) in [4.78, 5) is 1.80. The molecule has 188 valence electrons. The molecule has 4 rings (SSSR count). The summed E-state index contributed by atoms with van der Waals surface area (Å²) in [6.45, 7) is 0.565. The van der Waals surface area contributed by atoms with Crippen molar-refractivity contribution in [3.63, 3.8) is 0 Å². The summed E-state index contributed by atoms with van der Waals surface area (Å²) in [5.41, 5.74) is -5.36. The molecule has 0 fully saturated rings. The van der Waals surface area contributed by atoms with Crippen LogP contribution in [0.3, 0.4) is 0 Å². The van der Waals surface area contributed by atoms with Gasteiger partial charge in [0.25, 0.3) is 5.60 Å². The Labute approximate surface area is 192 Å². The lowest BCUT2D eigenvalue weighted by molar-refractivity contribution is -0.376. The standard InChI is InChI=1S/C22H16F9N3O/c23-20(24,25)18-16(10-32-33-18)13-3-6-17-14(9-13)7-8-34(17)11-12-1-4-15(5-2-12)19(35,21(26,27)28)22(29,30)31/h1-6,9-10,35H,7-8,11H2,(H,32,33). The largest absolute Gasteiger partial charge is 0.433 e. The molecule has 0 unspecified atom stereocenters. The highest BCUT2D eigenvalue weighted by atomic mass is 19.4. The monoisotopic (exact) mass is 509 g/mol. The first-order chi connectivity index (χ1) is 16.1. The molecule has 2 aromatic carbocycles. The van der Waals surface area contributed by atoms with Crippen LogP contribution in [0.5, 0.6) is 0 Å². The van der Waals surface area contributed by atoms with Crippen molar-refractivity contribution in [2.45, 2.75) is 37.1 Å². The maximum atomic E-state index is 13.2. The van der Waals surface area contributed by atoms with Crippen LogP contribution in [0.4, 0.5) is 45.2 Å². The van der Waals surface area contributed by atoms with Gasteiger partial charge in [-0.15, -0.1) is 0 Å². The van der Waals surface area contributed by atoms with E-state index < -0.39 is 35.4 Å². The van der Waals surface area contributed by atoms with Gasteiger partial charge in [-0.25, -0.2) is 0 Å². The predicted octanol–water partition coefficient (Wildman–Crippen LogP) is 5.97. The maximum Gasteiger partial charge on any atom is 0.433 e. The van der Waals surface area contributed by atoms with Gasteiger partial charge in [0.2, 0.25) is 0 Å². The molecule has 13 heteroatoms. The quantitative estimate of drug-likeness (QED) is 0.426. The van der Waals surface area contributed by atoms with Crippen molar-refractivity contribution in [2.75, 3.05) is 11.4 Å². The molecule has 0 atom stereocenters. The van der Waals surface area contributed by atoms with Gasteiger partial charge >= 0.3 is 18.5 Å². The normalized spacial score (nSPS) is 15.0. The van der Waals surface area contributed by atoms with Crippen LogP contribution in [-0.2, 0) is 24.7 Å². The number of aliphatic hydroxyl groups is 1. The molecular formula is C22H16F9N3O. The zero-order chi connectivity index (χ0) is 25.8. The third-order valence-corrected chi connectivity index (χ3v) is 5.87. The van der Waals surface area contributed by atoms with Gasteiger partial charge in [0.05, 0.1) is 6.20 Å². The lowest BCUT2D eigenvalue weighted by Gasteiger charge is -2.32. The number of aromatic nitrogens is 2. The third kappa shape index (κ3) is 4.32. The van der Waals surface area contributed by atoms with Crippen LogP contribution in [-0.4, -0.2) is 34.2 Å². The average molecular weight is 509 g/mol. The van der Waals surface area contributed by atoms with Crippen LogP contribution in [0.25, 0.3) is 11.1 Å². The number of alkyl halides is 9. The predicted molar refractivity (Wildman–Crippen MR) is 106 cm³/mol. The van der Waals surface area contributed by atoms with E-state index in [-0.39, 0.29) is 12.1 Å². The molecule has 4 nitrogen and oxygen atoms in total. The zero-order valence-electron chi connectivity index (χ0n) is 17.5. The van der Waals surface area contributed by atoms with Crippen LogP contribution in [0.1, 0.15) is 22.4 Å². The van der Waals surface area contributed by atoms with Crippen molar-refractivity contribution < 1.29 is 44.6 Å². The molecule has 1 aliphatic rings. The van der Waals surface area contributed by atoms with Crippen LogP contribution in [0, 0.1) is 0 Å². The Morgan fingerprint density at radius 1 is 0.886 bits per heavy atom. The van der Waals surface area contributed by atoms with E-state index in [1.165, 1.54) is 6.07 Å². The van der Waals surface area contributed by atoms with Gasteiger partial charge in [-0.05, 0) is 35.2 Å². The van der Waals surface area contributed by atoms with Crippen LogP contribution in [0.15, 0.2) is 48.7 Å². The molecule has 3 aromatic rings. The minimum atomic E-state index is -5.97. The number of H-pyrrole nitrogens is 1. The second kappa shape index (κ2) is 8.18. The topological polar surface area (TPSA) is 52.1 Å². The number of halogens is 9. The number of nitrogens with zero attached hydrogens (tertiary/aromatic N) is 2. The van der Waals surface area contributed by atoms with Crippen LogP contribution < -0.4 is 4.90 Å². The van der Waals surface area contributed by atoms with E-state index in [0.717, 1.165) is 23.9 Å². The van der Waals surface area contributed by atoms with E-state index in [0.29, 0.717) is 41.9 Å². The summed E-state index contributed by atoms with van der Waals surface area (Å²) in [6.07, 6.45) is -15.0. The second-order valence-electron chi connectivity index (χ2n) is 8.07. The van der Waals surface area contributed by atoms with Gasteiger partial charge < -0.3 is 10.0 Å².